The number of carboxylic acids is 1. The lowest BCUT2D eigenvalue weighted by Crippen LogP contribution is -2.42. The van der Waals surface area contributed by atoms with Gasteiger partial charge in [-0.1, -0.05) is 0 Å². The third-order valence-electron chi connectivity index (χ3n) is 2.46. The predicted molar refractivity (Wildman–Crippen MR) is 57.7 cm³/mol. The molecule has 1 rings (SSSR count). The molecule has 0 aromatic heterocycles. The first-order valence-corrected chi connectivity index (χ1v) is 5.47. The third-order valence-corrected chi connectivity index (χ3v) is 2.46. The maximum atomic E-state index is 12.8. The minimum Gasteiger partial charge on any atom is -0.480 e. The standard InChI is InChI=1S/C11H14F3NO4/c1-10(2,3)19-15-4-7(11(12,13)14)6(5-16)8(15)9(17)18/h7-8H,4H2,1-3H3,(H,17,18). The summed E-state index contributed by atoms with van der Waals surface area (Å²) < 4.78 is 38.3. The molecule has 5 nitrogen and oxygen atoms in total. The van der Waals surface area contributed by atoms with E-state index < -0.39 is 41.8 Å². The zero-order chi connectivity index (χ0) is 15.0. The molecule has 108 valence electrons. The van der Waals surface area contributed by atoms with E-state index in [9.17, 15) is 22.8 Å². The van der Waals surface area contributed by atoms with Crippen molar-refractivity contribution in [1.29, 1.82) is 0 Å². The van der Waals surface area contributed by atoms with E-state index in [0.717, 1.165) is 5.94 Å². The topological polar surface area (TPSA) is 66.8 Å². The number of carbonyl (C=O) groups is 1. The molecule has 2 atom stereocenters. The van der Waals surface area contributed by atoms with Crippen LogP contribution in [-0.2, 0) is 14.4 Å². The van der Waals surface area contributed by atoms with E-state index >= 15 is 0 Å². The Morgan fingerprint density at radius 1 is 1.42 bits per heavy atom. The van der Waals surface area contributed by atoms with Gasteiger partial charge < -0.3 is 5.11 Å². The van der Waals surface area contributed by atoms with Crippen molar-refractivity contribution >= 4 is 11.9 Å². The first-order chi connectivity index (χ1) is 8.47. The van der Waals surface area contributed by atoms with Crippen molar-refractivity contribution in [2.24, 2.45) is 5.92 Å². The smallest absolute Gasteiger partial charge is 0.397 e. The Morgan fingerprint density at radius 3 is 2.26 bits per heavy atom. The van der Waals surface area contributed by atoms with Crippen molar-refractivity contribution in [1.82, 2.24) is 5.06 Å². The van der Waals surface area contributed by atoms with Crippen LogP contribution in [0.25, 0.3) is 0 Å². The van der Waals surface area contributed by atoms with Crippen molar-refractivity contribution in [3.8, 4) is 0 Å². The van der Waals surface area contributed by atoms with Gasteiger partial charge in [-0.15, -0.1) is 0 Å². The Kier molecular flexibility index (Phi) is 4.09. The van der Waals surface area contributed by atoms with Crippen molar-refractivity contribution in [2.45, 2.75) is 38.6 Å². The SMILES string of the molecule is CC(C)(C)ON1CC(C(F)(F)F)C(=C=O)C1C(=O)O. The zero-order valence-corrected chi connectivity index (χ0v) is 10.6. The Morgan fingerprint density at radius 2 is 1.95 bits per heavy atom. The molecule has 8 heteroatoms. The number of aliphatic carboxylic acids is 1. The van der Waals surface area contributed by atoms with E-state index in [1.165, 1.54) is 0 Å². The van der Waals surface area contributed by atoms with Crippen molar-refractivity contribution in [2.75, 3.05) is 6.54 Å². The summed E-state index contributed by atoms with van der Waals surface area (Å²) in [6.45, 7) is 3.97. The number of hydrogen-bond donors (Lipinski definition) is 1. The molecule has 1 aliphatic heterocycles. The normalized spacial score (nSPS) is 25.5. The van der Waals surface area contributed by atoms with Gasteiger partial charge in [-0.05, 0) is 20.8 Å². The molecule has 0 aliphatic carbocycles. The fourth-order valence-electron chi connectivity index (χ4n) is 1.83. The maximum absolute atomic E-state index is 12.8. The van der Waals surface area contributed by atoms with Crippen molar-refractivity contribution in [3.05, 3.63) is 5.57 Å². The molecule has 1 N–H and O–H groups in total. The molecule has 1 heterocycles. The van der Waals surface area contributed by atoms with E-state index in [1.807, 2.05) is 0 Å². The molecule has 1 saturated heterocycles. The summed E-state index contributed by atoms with van der Waals surface area (Å²) in [5.74, 6) is -2.64. The first kappa shape index (κ1) is 15.7. The van der Waals surface area contributed by atoms with Gasteiger partial charge in [0.2, 0.25) is 0 Å². The number of rotatable bonds is 2. The maximum Gasteiger partial charge on any atom is 0.397 e. The van der Waals surface area contributed by atoms with E-state index in [-0.39, 0.29) is 0 Å². The molecule has 0 amide bonds. The fourth-order valence-corrected chi connectivity index (χ4v) is 1.83. The number of carbonyl (C=O) groups excluding carboxylic acids is 1. The van der Waals surface area contributed by atoms with Gasteiger partial charge in [0, 0.05) is 6.54 Å². The van der Waals surface area contributed by atoms with Gasteiger partial charge in [-0.3, -0.25) is 9.63 Å². The molecule has 0 bridgehead atoms. The Bertz CT molecular complexity index is 421. The number of alkyl halides is 3. The van der Waals surface area contributed by atoms with Crippen LogP contribution in [0.2, 0.25) is 0 Å². The second-order valence-electron chi connectivity index (χ2n) is 5.20. The summed E-state index contributed by atoms with van der Waals surface area (Å²) in [5.41, 5.74) is -1.73. The molecule has 0 aromatic carbocycles. The number of hydrogen-bond acceptors (Lipinski definition) is 4. The Hall–Kier alpha value is -1.37. The molecular formula is C11H14F3NO4. The second kappa shape index (κ2) is 4.96. The zero-order valence-electron chi connectivity index (χ0n) is 10.6. The Balaban J connectivity index is 3.14. The minimum absolute atomic E-state index is 0.681. The van der Waals surface area contributed by atoms with Crippen LogP contribution in [0.1, 0.15) is 20.8 Å². The van der Waals surface area contributed by atoms with Crippen LogP contribution in [0.3, 0.4) is 0 Å². The molecule has 0 radical (unpaired) electrons. The van der Waals surface area contributed by atoms with Crippen molar-refractivity contribution in [3.63, 3.8) is 0 Å². The Labute approximate surface area is 107 Å². The highest BCUT2D eigenvalue weighted by atomic mass is 19.4. The molecular weight excluding hydrogens is 267 g/mol. The van der Waals surface area contributed by atoms with Gasteiger partial charge in [0.15, 0.2) is 6.04 Å². The van der Waals surface area contributed by atoms with Crippen LogP contribution in [0.4, 0.5) is 13.2 Å². The number of hydroxylamine groups is 2. The fraction of sp³-hybridized carbons (Fsp3) is 0.727. The van der Waals surface area contributed by atoms with Crippen LogP contribution in [-0.4, -0.2) is 46.4 Å². The van der Waals surface area contributed by atoms with Gasteiger partial charge >= 0.3 is 12.1 Å². The molecule has 0 saturated carbocycles. The summed E-state index contributed by atoms with van der Waals surface area (Å²) in [6.07, 6.45) is -4.71. The van der Waals surface area contributed by atoms with Gasteiger partial charge in [-0.2, -0.15) is 18.2 Å². The molecule has 1 fully saturated rings. The van der Waals surface area contributed by atoms with E-state index in [1.54, 1.807) is 20.8 Å². The van der Waals surface area contributed by atoms with Crippen molar-refractivity contribution < 1.29 is 32.7 Å². The average Bonchev–Trinajstić information content (AvgIpc) is 2.52. The molecule has 2 unspecified atom stereocenters. The van der Waals surface area contributed by atoms with E-state index in [4.69, 9.17) is 9.94 Å². The lowest BCUT2D eigenvalue weighted by atomic mass is 9.99. The summed E-state index contributed by atoms with van der Waals surface area (Å²) in [5, 5.41) is 9.66. The van der Waals surface area contributed by atoms with Crippen LogP contribution < -0.4 is 0 Å². The average molecular weight is 281 g/mol. The lowest BCUT2D eigenvalue weighted by molar-refractivity contribution is -0.245. The van der Waals surface area contributed by atoms with Crippen LogP contribution in [0, 0.1) is 5.92 Å². The highest BCUT2D eigenvalue weighted by molar-refractivity contribution is 5.82. The quantitative estimate of drug-likeness (QED) is 0.775. The third kappa shape index (κ3) is 3.56. The summed E-state index contributed by atoms with van der Waals surface area (Å²) in [7, 11) is 0. The predicted octanol–water partition coefficient (Wildman–Crippen LogP) is 1.42. The largest absolute Gasteiger partial charge is 0.480 e. The highest BCUT2D eigenvalue weighted by Crippen LogP contribution is 2.40. The summed E-state index contributed by atoms with van der Waals surface area (Å²) in [6, 6.07) is -1.76. The first-order valence-electron chi connectivity index (χ1n) is 5.47. The molecule has 0 spiro atoms. The monoisotopic (exact) mass is 281 g/mol. The lowest BCUT2D eigenvalue weighted by Gasteiger charge is -2.29. The van der Waals surface area contributed by atoms with Crippen LogP contribution in [0.5, 0.6) is 0 Å². The molecule has 19 heavy (non-hydrogen) atoms. The minimum atomic E-state index is -4.71. The highest BCUT2D eigenvalue weighted by Gasteiger charge is 2.55. The van der Waals surface area contributed by atoms with Gasteiger partial charge in [-0.25, -0.2) is 4.79 Å². The van der Waals surface area contributed by atoms with Gasteiger partial charge in [0.25, 0.3) is 0 Å². The van der Waals surface area contributed by atoms with Gasteiger partial charge in [0.1, 0.15) is 11.9 Å². The van der Waals surface area contributed by atoms with Gasteiger partial charge in [0.05, 0.1) is 11.2 Å². The second-order valence-corrected chi connectivity index (χ2v) is 5.20. The summed E-state index contributed by atoms with van der Waals surface area (Å²) >= 11 is 0. The molecule has 1 aliphatic rings. The number of halogens is 3. The van der Waals surface area contributed by atoms with E-state index in [0.29, 0.717) is 5.06 Å². The van der Waals surface area contributed by atoms with Crippen LogP contribution in [0.15, 0.2) is 5.57 Å². The van der Waals surface area contributed by atoms with E-state index in [2.05, 4.69) is 0 Å². The van der Waals surface area contributed by atoms with Crippen LogP contribution >= 0.6 is 0 Å². The number of nitrogens with zero attached hydrogens (tertiary/aromatic N) is 1. The molecule has 0 aromatic rings. The summed E-state index contributed by atoms with van der Waals surface area (Å²) in [4.78, 5) is 26.9. The number of carboxylic acid groups (broad SMARTS) is 1.